The smallest absolute Gasteiger partial charge is 0.423 e. The highest BCUT2D eigenvalue weighted by molar-refractivity contribution is 6.98. The average molecular weight is 1220 g/mol. The Morgan fingerprint density at radius 3 is 1.70 bits per heavy atom. The fourth-order valence-corrected chi connectivity index (χ4v) is 15.2. The third-order valence-electron chi connectivity index (χ3n) is 16.8. The zero-order valence-electron chi connectivity index (χ0n) is 52.6. The maximum atomic E-state index is 12.8. The molecule has 1 aliphatic heterocycles. The van der Waals surface area contributed by atoms with Crippen LogP contribution >= 0.6 is 12.4 Å². The second-order valence-electron chi connectivity index (χ2n) is 23.9. The first kappa shape index (κ1) is 67.9. The van der Waals surface area contributed by atoms with Crippen LogP contribution < -0.4 is 26.3 Å². The number of fused-ring (bicyclic) bond motifs is 4. The summed E-state index contributed by atoms with van der Waals surface area (Å²) in [7, 11) is 2.98. The van der Waals surface area contributed by atoms with Crippen LogP contribution in [0.4, 0.5) is 5.69 Å². The number of hydrogen-bond donors (Lipinski definition) is 5. The molecule has 0 radical (unpaired) electrons. The van der Waals surface area contributed by atoms with E-state index in [1.807, 2.05) is 36.4 Å². The van der Waals surface area contributed by atoms with Crippen molar-refractivity contribution in [3.8, 4) is 11.1 Å². The summed E-state index contributed by atoms with van der Waals surface area (Å²) in [6.07, 6.45) is 10.2. The molecule has 1 heterocycles. The van der Waals surface area contributed by atoms with Crippen LogP contribution in [0.3, 0.4) is 0 Å². The van der Waals surface area contributed by atoms with Gasteiger partial charge in [0.2, 0.25) is 5.91 Å². The molecule has 5 N–H and O–H groups in total. The van der Waals surface area contributed by atoms with E-state index in [0.717, 1.165) is 73.2 Å². The highest BCUT2D eigenvalue weighted by atomic mass is 35.5. The van der Waals surface area contributed by atoms with Crippen LogP contribution in [0.1, 0.15) is 79.8 Å². The average Bonchev–Trinajstić information content (AvgIpc) is 0.883. The van der Waals surface area contributed by atoms with Crippen molar-refractivity contribution in [1.82, 2.24) is 15.1 Å². The molecule has 0 saturated carbocycles. The van der Waals surface area contributed by atoms with E-state index in [1.54, 1.807) is 26.0 Å². The third-order valence-corrected chi connectivity index (χ3v) is 20.3. The maximum absolute atomic E-state index is 12.8. The number of unbranched alkanes of at least 4 members (excludes halogenated alkanes) is 1. The normalized spacial score (nSPS) is 13.0. The predicted molar refractivity (Wildman–Crippen MR) is 371 cm³/mol. The van der Waals surface area contributed by atoms with Gasteiger partial charge in [-0.05, 0) is 175 Å². The van der Waals surface area contributed by atoms with Gasteiger partial charge >= 0.3 is 14.2 Å². The number of nitrogens with one attached hydrogen (secondary N) is 1. The molecular formula is C72H85B2ClN5O7Si+. The van der Waals surface area contributed by atoms with Crippen LogP contribution in [-0.4, -0.2) is 128 Å². The molecule has 456 valence electrons. The number of carbonyl (C=O) groups is 3. The number of Topliss-reactive ketones (excluding diaryl/α,β-unsaturated/α-hetero) is 1. The van der Waals surface area contributed by atoms with Gasteiger partial charge in [0.15, 0.2) is 11.5 Å². The summed E-state index contributed by atoms with van der Waals surface area (Å²) in [5, 5.41) is 52.5. The van der Waals surface area contributed by atoms with Crippen molar-refractivity contribution in [1.29, 1.82) is 0 Å². The first-order valence-electron chi connectivity index (χ1n) is 30.1. The molecule has 9 rings (SSSR count). The molecule has 16 heteroatoms. The standard InChI is InChI=1S/C70H79B2N5O6Si.C2H4O.ClH/c1-47(2)66(78)26-17-18-38-76(43-52-20-11-15-24-64(52)71(80)81)46-63-57-23-14-13-22-56(57)62(45-77(39-19-37-73-70(79)48(3)4)44-53-21-12-16-25-65(53)72(82)83)58-34-31-51(40-61(58)63)49-27-29-50(30-28-49)69-59-35-32-54(74(5)6)41-67(59)84(9,10)68-42-55(75(7)8)33-36-60(68)69;1-2-3;/h11-16,20-25,27-36,40-42,80-83H,1,3,17-19,26,37-39,43-46H2,2,4-10H3;2H,1H3;1H/p+1. The summed E-state index contributed by atoms with van der Waals surface area (Å²) in [6.45, 7) is 21.1. The van der Waals surface area contributed by atoms with Crippen LogP contribution in [0.2, 0.25) is 13.1 Å². The van der Waals surface area contributed by atoms with Gasteiger partial charge in [-0.3, -0.25) is 19.4 Å². The number of carbonyl (C=O) groups excluding carboxylic acids is 3. The predicted octanol–water partition coefficient (Wildman–Crippen LogP) is 9.59. The lowest BCUT2D eigenvalue weighted by Gasteiger charge is -2.38. The van der Waals surface area contributed by atoms with Crippen LogP contribution in [0.5, 0.6) is 0 Å². The number of allylic oxidation sites excluding steroid dienone is 6. The number of amides is 1. The quantitative estimate of drug-likeness (QED) is 0.00987. The van der Waals surface area contributed by atoms with Gasteiger partial charge in [-0.1, -0.05) is 142 Å². The first-order valence-corrected chi connectivity index (χ1v) is 33.1. The molecule has 0 aromatic heterocycles. The molecule has 0 saturated heterocycles. The van der Waals surface area contributed by atoms with Gasteiger partial charge in [0, 0.05) is 83.2 Å². The Hall–Kier alpha value is -7.56. The Morgan fingerprint density at radius 1 is 0.636 bits per heavy atom. The summed E-state index contributed by atoms with van der Waals surface area (Å²) in [5.41, 5.74) is 15.2. The number of nitrogens with zero attached hydrogens (tertiary/aromatic N) is 4. The fourth-order valence-electron chi connectivity index (χ4n) is 12.1. The topological polar surface area (TPSA) is 157 Å². The second kappa shape index (κ2) is 30.6. The Bertz CT molecular complexity index is 3870. The number of halogens is 1. The number of aldehydes is 1. The van der Waals surface area contributed by atoms with Crippen molar-refractivity contribution in [3.63, 3.8) is 0 Å². The minimum Gasteiger partial charge on any atom is -0.423 e. The van der Waals surface area contributed by atoms with Crippen molar-refractivity contribution in [2.24, 2.45) is 0 Å². The largest absolute Gasteiger partial charge is 0.488 e. The Labute approximate surface area is 528 Å². The van der Waals surface area contributed by atoms with Gasteiger partial charge in [0.1, 0.15) is 28.5 Å². The molecule has 7 aromatic rings. The molecule has 0 bridgehead atoms. The summed E-state index contributed by atoms with van der Waals surface area (Å²) in [4.78, 5) is 41.1. The number of rotatable bonds is 24. The van der Waals surface area contributed by atoms with Crippen molar-refractivity contribution < 1.29 is 39.1 Å². The highest BCUT2D eigenvalue weighted by Crippen LogP contribution is 2.43. The highest BCUT2D eigenvalue weighted by Gasteiger charge is 2.40. The van der Waals surface area contributed by atoms with Crippen LogP contribution in [0, 0.1) is 0 Å². The minimum absolute atomic E-state index is 0. The SMILES string of the molecule is C=C(C)C(=O)CCCCN(Cc1ccccc1B(O)O)Cc1c2ccccc2c(CN(CCCNC(=O)C(=C)C)Cc2ccccc2B(O)O)c2ccc(-c3ccc(C4=C5C=CC(=[N+](C)C)C=C5[Si](C)(C)c5cc(N(C)C)ccc54)cc3)cc12.CC=O.Cl. The fraction of sp³-hybridized carbons (Fsp3) is 0.278. The molecule has 12 nitrogen and oxygen atoms in total. The first-order chi connectivity index (χ1) is 41.6. The van der Waals surface area contributed by atoms with Crippen molar-refractivity contribution in [2.75, 3.05) is 52.7 Å². The van der Waals surface area contributed by atoms with E-state index in [9.17, 15) is 29.7 Å². The van der Waals surface area contributed by atoms with Crippen LogP contribution in [0.15, 0.2) is 187 Å². The van der Waals surface area contributed by atoms with Crippen molar-refractivity contribution in [3.05, 3.63) is 220 Å². The summed E-state index contributed by atoms with van der Waals surface area (Å²) in [5.74, 6) is -0.134. The lowest BCUT2D eigenvalue weighted by Crippen LogP contribution is -2.49. The monoisotopic (exact) mass is 1220 g/mol. The lowest BCUT2D eigenvalue weighted by molar-refractivity contribution is -0.462. The Balaban J connectivity index is 0.00000271. The number of benzene rings is 7. The minimum atomic E-state index is -2.15. The van der Waals surface area contributed by atoms with E-state index in [1.165, 1.54) is 45.4 Å². The molecule has 1 aliphatic carbocycles. The van der Waals surface area contributed by atoms with Gasteiger partial charge in [-0.2, -0.15) is 0 Å². The summed E-state index contributed by atoms with van der Waals surface area (Å²) < 4.78 is 2.19. The number of ketones is 1. The van der Waals surface area contributed by atoms with E-state index in [4.69, 9.17) is 4.79 Å². The van der Waals surface area contributed by atoms with Crippen LogP contribution in [-0.2, 0) is 40.6 Å². The Kier molecular flexibility index (Phi) is 23.6. The second-order valence-corrected chi connectivity index (χ2v) is 28.3. The van der Waals surface area contributed by atoms with Gasteiger partial charge in [-0.25, -0.2) is 4.58 Å². The van der Waals surface area contributed by atoms with Gasteiger partial charge < -0.3 is 35.1 Å². The molecule has 2 aliphatic rings. The molecule has 0 spiro atoms. The van der Waals surface area contributed by atoms with Crippen molar-refractivity contribution in [2.45, 2.75) is 85.7 Å². The molecule has 0 atom stereocenters. The van der Waals surface area contributed by atoms with Crippen molar-refractivity contribution >= 4 is 107 Å². The van der Waals surface area contributed by atoms with Gasteiger partial charge in [-0.15, -0.1) is 12.4 Å². The van der Waals surface area contributed by atoms with E-state index in [-0.39, 0.29) is 24.1 Å². The summed E-state index contributed by atoms with van der Waals surface area (Å²) in [6, 6.07) is 46.3. The lowest BCUT2D eigenvalue weighted by atomic mass is 9.77. The molecule has 7 aromatic carbocycles. The Morgan fingerprint density at radius 2 is 1.16 bits per heavy atom. The van der Waals surface area contributed by atoms with E-state index in [0.29, 0.717) is 87.1 Å². The van der Waals surface area contributed by atoms with E-state index in [2.05, 4.69) is 182 Å². The maximum Gasteiger partial charge on any atom is 0.488 e. The van der Waals surface area contributed by atoms with Gasteiger partial charge in [0.25, 0.3) is 0 Å². The molecule has 88 heavy (non-hydrogen) atoms. The zero-order chi connectivity index (χ0) is 62.7. The summed E-state index contributed by atoms with van der Waals surface area (Å²) >= 11 is 0. The van der Waals surface area contributed by atoms with Crippen LogP contribution in [0.25, 0.3) is 38.2 Å². The molecular weight excluding hydrogens is 1130 g/mol. The molecule has 0 unspecified atom stereocenters. The van der Waals surface area contributed by atoms with E-state index < -0.39 is 22.3 Å². The molecule has 1 amide bonds. The third kappa shape index (κ3) is 15.8. The van der Waals surface area contributed by atoms with Gasteiger partial charge in [0.05, 0.1) is 0 Å². The molecule has 0 fully saturated rings. The van der Waals surface area contributed by atoms with E-state index >= 15 is 0 Å². The number of anilines is 1. The zero-order valence-corrected chi connectivity index (χ0v) is 54.4. The number of hydrogen-bond acceptors (Lipinski definition) is 10.